The number of hydrogen-bond acceptors (Lipinski definition) is 4. The van der Waals surface area contributed by atoms with E-state index < -0.39 is 28.5 Å². The summed E-state index contributed by atoms with van der Waals surface area (Å²) in [5, 5.41) is 11.1. The second-order valence-corrected chi connectivity index (χ2v) is 7.38. The van der Waals surface area contributed by atoms with Gasteiger partial charge in [0.15, 0.2) is 0 Å². The second kappa shape index (κ2) is 6.01. The quantitative estimate of drug-likeness (QED) is 0.920. The van der Waals surface area contributed by atoms with E-state index in [1.165, 1.54) is 31.3 Å². The van der Waals surface area contributed by atoms with E-state index in [9.17, 15) is 17.9 Å². The van der Waals surface area contributed by atoms with Crippen molar-refractivity contribution in [1.29, 1.82) is 0 Å². The van der Waals surface area contributed by atoms with Gasteiger partial charge in [-0.05, 0) is 29.1 Å². The zero-order valence-corrected chi connectivity index (χ0v) is 12.4. The maximum Gasteiger partial charge on any atom is 0.252 e. The molecule has 2 rings (SSSR count). The fraction of sp³-hybridized carbons (Fsp3) is 0.231. The summed E-state index contributed by atoms with van der Waals surface area (Å²) in [6.45, 7) is -0.426. The minimum Gasteiger partial charge on any atom is -0.394 e. The van der Waals surface area contributed by atoms with E-state index in [1.54, 1.807) is 17.5 Å². The monoisotopic (exact) mass is 315 g/mol. The predicted molar refractivity (Wildman–Crippen MR) is 75.5 cm³/mol. The molecule has 108 valence electrons. The van der Waals surface area contributed by atoms with Crippen LogP contribution in [-0.2, 0) is 10.0 Å². The zero-order valence-electron chi connectivity index (χ0n) is 10.7. The highest BCUT2D eigenvalue weighted by Crippen LogP contribution is 2.28. The van der Waals surface area contributed by atoms with Crippen molar-refractivity contribution in [3.05, 3.63) is 53.2 Å². The fourth-order valence-electron chi connectivity index (χ4n) is 1.86. The minimum absolute atomic E-state index is 0.190. The summed E-state index contributed by atoms with van der Waals surface area (Å²) in [7, 11) is -2.32. The number of benzene rings is 1. The van der Waals surface area contributed by atoms with Crippen LogP contribution >= 0.6 is 11.3 Å². The first-order valence-corrected chi connectivity index (χ1v) is 8.16. The lowest BCUT2D eigenvalue weighted by Gasteiger charge is -2.25. The van der Waals surface area contributed by atoms with E-state index in [4.69, 9.17) is 0 Å². The molecule has 0 amide bonds. The van der Waals surface area contributed by atoms with Crippen LogP contribution in [0.2, 0.25) is 0 Å². The molecular weight excluding hydrogens is 301 g/mol. The molecule has 1 heterocycles. The average Bonchev–Trinajstić information content (AvgIpc) is 2.94. The second-order valence-electron chi connectivity index (χ2n) is 4.21. The van der Waals surface area contributed by atoms with Gasteiger partial charge in [0, 0.05) is 7.05 Å². The number of nitrogens with zero attached hydrogens (tertiary/aromatic N) is 1. The van der Waals surface area contributed by atoms with Gasteiger partial charge in [-0.3, -0.25) is 0 Å². The first kappa shape index (κ1) is 15.1. The summed E-state index contributed by atoms with van der Waals surface area (Å²) in [5.74, 6) is -0.470. The summed E-state index contributed by atoms with van der Waals surface area (Å²) >= 11 is 1.10. The van der Waals surface area contributed by atoms with Crippen LogP contribution in [0.3, 0.4) is 0 Å². The van der Waals surface area contributed by atoms with Crippen molar-refractivity contribution in [1.82, 2.24) is 4.31 Å². The van der Waals surface area contributed by atoms with Gasteiger partial charge in [-0.15, -0.1) is 11.3 Å². The van der Waals surface area contributed by atoms with Crippen molar-refractivity contribution in [2.45, 2.75) is 10.3 Å². The summed E-state index contributed by atoms with van der Waals surface area (Å²) in [5.41, 5.74) is 0.412. The molecule has 0 radical (unpaired) electrons. The van der Waals surface area contributed by atoms with E-state index in [2.05, 4.69) is 0 Å². The number of sulfonamides is 1. The summed E-state index contributed by atoms with van der Waals surface area (Å²) in [6.07, 6.45) is 0. The van der Waals surface area contributed by atoms with Crippen molar-refractivity contribution in [3.63, 3.8) is 0 Å². The molecule has 0 saturated heterocycles. The molecule has 0 bridgehead atoms. The van der Waals surface area contributed by atoms with Gasteiger partial charge in [-0.1, -0.05) is 18.2 Å². The minimum atomic E-state index is -3.70. The standard InChI is InChI=1S/C13H14FNO3S2/c1-15(20(17,18)13-6-3-7-19-13)12(9-16)10-4-2-5-11(14)8-10/h2-8,12,16H,9H2,1H3/t12-/m1/s1. The van der Waals surface area contributed by atoms with Gasteiger partial charge in [-0.25, -0.2) is 12.8 Å². The van der Waals surface area contributed by atoms with Crippen LogP contribution in [0.25, 0.3) is 0 Å². The Balaban J connectivity index is 2.37. The Morgan fingerprint density at radius 1 is 1.35 bits per heavy atom. The summed E-state index contributed by atoms with van der Waals surface area (Å²) in [6, 6.07) is 7.88. The van der Waals surface area contributed by atoms with Crippen LogP contribution in [0.15, 0.2) is 46.0 Å². The molecule has 0 aliphatic rings. The molecule has 0 spiro atoms. The van der Waals surface area contributed by atoms with Gasteiger partial charge < -0.3 is 5.11 Å². The highest BCUT2D eigenvalue weighted by molar-refractivity contribution is 7.91. The summed E-state index contributed by atoms with van der Waals surface area (Å²) < 4.78 is 39.3. The number of aliphatic hydroxyl groups excluding tert-OH is 1. The van der Waals surface area contributed by atoms with Crippen LogP contribution in [-0.4, -0.2) is 31.5 Å². The molecular formula is C13H14FNO3S2. The van der Waals surface area contributed by atoms with Gasteiger partial charge in [0.05, 0.1) is 12.6 Å². The molecule has 1 atom stereocenters. The number of hydrogen-bond donors (Lipinski definition) is 1. The van der Waals surface area contributed by atoms with E-state index in [0.29, 0.717) is 5.56 Å². The Morgan fingerprint density at radius 3 is 2.65 bits per heavy atom. The predicted octanol–water partition coefficient (Wildman–Crippen LogP) is 2.24. The normalized spacial score (nSPS) is 13.6. The Bertz CT molecular complexity index is 671. The van der Waals surface area contributed by atoms with Crippen molar-refractivity contribution in [2.75, 3.05) is 13.7 Å². The Hall–Kier alpha value is -1.28. The van der Waals surface area contributed by atoms with Crippen molar-refractivity contribution < 1.29 is 17.9 Å². The molecule has 0 aliphatic carbocycles. The Labute approximate surface area is 121 Å². The first-order valence-electron chi connectivity index (χ1n) is 5.84. The lowest BCUT2D eigenvalue weighted by Crippen LogP contribution is -2.33. The maximum absolute atomic E-state index is 13.2. The Morgan fingerprint density at radius 2 is 2.10 bits per heavy atom. The van der Waals surface area contributed by atoms with Crippen molar-refractivity contribution >= 4 is 21.4 Å². The first-order chi connectivity index (χ1) is 9.46. The molecule has 2 aromatic rings. The summed E-state index contributed by atoms with van der Waals surface area (Å²) in [4.78, 5) is 0. The van der Waals surface area contributed by atoms with Gasteiger partial charge >= 0.3 is 0 Å². The molecule has 1 aromatic carbocycles. The molecule has 1 N–H and O–H groups in total. The van der Waals surface area contributed by atoms with E-state index in [-0.39, 0.29) is 4.21 Å². The third-order valence-electron chi connectivity index (χ3n) is 2.97. The fourth-order valence-corrected chi connectivity index (χ4v) is 4.38. The molecule has 4 nitrogen and oxygen atoms in total. The smallest absolute Gasteiger partial charge is 0.252 e. The van der Waals surface area contributed by atoms with Crippen molar-refractivity contribution in [3.8, 4) is 0 Å². The van der Waals surface area contributed by atoms with Crippen LogP contribution in [0.5, 0.6) is 0 Å². The molecule has 0 fully saturated rings. The third kappa shape index (κ3) is 2.90. The SMILES string of the molecule is CN([C@H](CO)c1cccc(F)c1)S(=O)(=O)c1cccs1. The molecule has 0 aliphatic heterocycles. The Kier molecular flexibility index (Phi) is 4.54. The molecule has 0 saturated carbocycles. The van der Waals surface area contributed by atoms with Crippen LogP contribution < -0.4 is 0 Å². The largest absolute Gasteiger partial charge is 0.394 e. The van der Waals surface area contributed by atoms with E-state index in [1.807, 2.05) is 0 Å². The van der Waals surface area contributed by atoms with Gasteiger partial charge in [-0.2, -0.15) is 4.31 Å². The topological polar surface area (TPSA) is 57.6 Å². The van der Waals surface area contributed by atoms with Crippen LogP contribution in [0.1, 0.15) is 11.6 Å². The molecule has 7 heteroatoms. The maximum atomic E-state index is 13.2. The number of likely N-dealkylation sites (N-methyl/N-ethyl adjacent to an activating group) is 1. The van der Waals surface area contributed by atoms with Gasteiger partial charge in [0.25, 0.3) is 10.0 Å². The lowest BCUT2D eigenvalue weighted by molar-refractivity contribution is 0.204. The van der Waals surface area contributed by atoms with E-state index >= 15 is 0 Å². The number of thiophene rings is 1. The zero-order chi connectivity index (χ0) is 14.8. The van der Waals surface area contributed by atoms with Crippen LogP contribution in [0, 0.1) is 5.82 Å². The van der Waals surface area contributed by atoms with Gasteiger partial charge in [0.1, 0.15) is 10.0 Å². The molecule has 20 heavy (non-hydrogen) atoms. The van der Waals surface area contributed by atoms with Gasteiger partial charge in [0.2, 0.25) is 0 Å². The van der Waals surface area contributed by atoms with Crippen LogP contribution in [0.4, 0.5) is 4.39 Å². The highest BCUT2D eigenvalue weighted by atomic mass is 32.2. The van der Waals surface area contributed by atoms with Crippen molar-refractivity contribution in [2.24, 2.45) is 0 Å². The highest BCUT2D eigenvalue weighted by Gasteiger charge is 2.29. The number of rotatable bonds is 5. The molecule has 1 aromatic heterocycles. The lowest BCUT2D eigenvalue weighted by atomic mass is 10.1. The number of aliphatic hydroxyl groups is 1. The van der Waals surface area contributed by atoms with E-state index in [0.717, 1.165) is 15.6 Å². The third-order valence-corrected chi connectivity index (χ3v) is 6.21. The molecule has 0 unspecified atom stereocenters. The number of halogens is 1. The average molecular weight is 315 g/mol.